The highest BCUT2D eigenvalue weighted by molar-refractivity contribution is 5.20. The summed E-state index contributed by atoms with van der Waals surface area (Å²) in [4.78, 5) is 0. The molecular weight excluding hydrogens is 242 g/mol. The van der Waals surface area contributed by atoms with Crippen LogP contribution in [0.5, 0.6) is 0 Å². The van der Waals surface area contributed by atoms with E-state index in [0.717, 1.165) is 11.8 Å². The van der Waals surface area contributed by atoms with Crippen molar-refractivity contribution in [1.29, 1.82) is 0 Å². The molecule has 1 atom stereocenters. The van der Waals surface area contributed by atoms with E-state index in [0.29, 0.717) is 6.04 Å². The van der Waals surface area contributed by atoms with Gasteiger partial charge in [0.05, 0.1) is 0 Å². The Bertz CT molecular complexity index is 349. The molecule has 0 aliphatic heterocycles. The van der Waals surface area contributed by atoms with Gasteiger partial charge in [-0.1, -0.05) is 76.3 Å². The van der Waals surface area contributed by atoms with Gasteiger partial charge in [0, 0.05) is 6.04 Å². The highest BCUT2D eigenvalue weighted by Gasteiger charge is 2.24. The van der Waals surface area contributed by atoms with E-state index in [2.05, 4.69) is 49.5 Å². The van der Waals surface area contributed by atoms with Crippen LogP contribution in [-0.2, 0) is 0 Å². The minimum absolute atomic E-state index is 0.567. The zero-order valence-corrected chi connectivity index (χ0v) is 13.3. The quantitative estimate of drug-likeness (QED) is 0.707. The number of hydrogen-bond donors (Lipinski definition) is 1. The molecule has 1 aliphatic rings. The molecule has 1 aromatic carbocycles. The second-order valence-electron chi connectivity index (χ2n) is 6.38. The van der Waals surface area contributed by atoms with Crippen molar-refractivity contribution in [3.8, 4) is 0 Å². The average Bonchev–Trinajstić information content (AvgIpc) is 2.53. The summed E-state index contributed by atoms with van der Waals surface area (Å²) in [5.41, 5.74) is 1.49. The molecule has 1 fully saturated rings. The summed E-state index contributed by atoms with van der Waals surface area (Å²) >= 11 is 0. The van der Waals surface area contributed by atoms with Crippen molar-refractivity contribution in [2.45, 2.75) is 64.8 Å². The van der Waals surface area contributed by atoms with E-state index in [4.69, 9.17) is 0 Å². The third-order valence-electron chi connectivity index (χ3n) is 5.06. The lowest BCUT2D eigenvalue weighted by Gasteiger charge is -2.32. The van der Waals surface area contributed by atoms with Gasteiger partial charge >= 0.3 is 0 Å². The summed E-state index contributed by atoms with van der Waals surface area (Å²) in [6.07, 6.45) is 9.64. The smallest absolute Gasteiger partial charge is 0.0348 e. The van der Waals surface area contributed by atoms with Crippen molar-refractivity contribution in [3.63, 3.8) is 0 Å². The Balaban J connectivity index is 2.03. The lowest BCUT2D eigenvalue weighted by molar-refractivity contribution is 0.259. The maximum absolute atomic E-state index is 3.91. The van der Waals surface area contributed by atoms with Gasteiger partial charge in [-0.15, -0.1) is 0 Å². The normalized spacial score (nSPS) is 18.4. The number of benzene rings is 1. The summed E-state index contributed by atoms with van der Waals surface area (Å²) in [7, 11) is 0. The molecule has 0 radical (unpaired) electrons. The summed E-state index contributed by atoms with van der Waals surface area (Å²) in [6.45, 7) is 5.80. The van der Waals surface area contributed by atoms with E-state index in [-0.39, 0.29) is 0 Å². The van der Waals surface area contributed by atoms with Gasteiger partial charge in [-0.25, -0.2) is 0 Å². The van der Waals surface area contributed by atoms with Gasteiger partial charge in [-0.2, -0.15) is 0 Å². The number of rotatable bonds is 7. The van der Waals surface area contributed by atoms with Gasteiger partial charge in [0.15, 0.2) is 0 Å². The van der Waals surface area contributed by atoms with Crippen LogP contribution in [0.25, 0.3) is 0 Å². The molecule has 1 N–H and O–H groups in total. The van der Waals surface area contributed by atoms with Crippen molar-refractivity contribution in [2.24, 2.45) is 11.8 Å². The minimum Gasteiger partial charge on any atom is -0.309 e. The van der Waals surface area contributed by atoms with Gasteiger partial charge in [0.25, 0.3) is 0 Å². The van der Waals surface area contributed by atoms with E-state index >= 15 is 0 Å². The van der Waals surface area contributed by atoms with Crippen molar-refractivity contribution in [2.75, 3.05) is 6.54 Å². The average molecular weight is 273 g/mol. The first-order chi connectivity index (χ1) is 9.85. The monoisotopic (exact) mass is 273 g/mol. The number of nitrogens with one attached hydrogen (secondary N) is 1. The molecule has 112 valence electrons. The first-order valence-electron chi connectivity index (χ1n) is 8.63. The third-order valence-corrected chi connectivity index (χ3v) is 5.06. The summed E-state index contributed by atoms with van der Waals surface area (Å²) < 4.78 is 0. The van der Waals surface area contributed by atoms with E-state index in [1.165, 1.54) is 57.1 Å². The van der Waals surface area contributed by atoms with Crippen molar-refractivity contribution < 1.29 is 0 Å². The Morgan fingerprint density at radius 3 is 2.25 bits per heavy atom. The van der Waals surface area contributed by atoms with E-state index < -0.39 is 0 Å². The minimum atomic E-state index is 0.567. The summed E-state index contributed by atoms with van der Waals surface area (Å²) in [5, 5.41) is 3.91. The molecule has 20 heavy (non-hydrogen) atoms. The van der Waals surface area contributed by atoms with E-state index in [1.54, 1.807) is 0 Å². The standard InChI is InChI=1S/C19H31N/c1-3-16(4-2)15-20-19(17-11-7-5-8-12-17)18-13-9-6-10-14-18/h5,7-8,11-12,16,18-20H,3-4,6,9-10,13-15H2,1-2H3. The van der Waals surface area contributed by atoms with Gasteiger partial charge in [0.1, 0.15) is 0 Å². The lowest BCUT2D eigenvalue weighted by Crippen LogP contribution is -2.33. The van der Waals surface area contributed by atoms with Crippen LogP contribution >= 0.6 is 0 Å². The SMILES string of the molecule is CCC(CC)CNC(c1ccccc1)C1CCCCC1. The van der Waals surface area contributed by atoms with Crippen LogP contribution in [-0.4, -0.2) is 6.54 Å². The maximum atomic E-state index is 3.91. The predicted octanol–water partition coefficient (Wildman–Crippen LogP) is 5.33. The molecule has 0 spiro atoms. The van der Waals surface area contributed by atoms with E-state index in [1.807, 2.05) is 0 Å². The van der Waals surface area contributed by atoms with Gasteiger partial charge in [-0.3, -0.25) is 0 Å². The molecule has 1 aromatic rings. The Labute approximate surface area is 125 Å². The summed E-state index contributed by atoms with van der Waals surface area (Å²) in [5.74, 6) is 1.66. The third kappa shape index (κ3) is 4.34. The molecule has 1 saturated carbocycles. The maximum Gasteiger partial charge on any atom is 0.0348 e. The first kappa shape index (κ1) is 15.6. The van der Waals surface area contributed by atoms with E-state index in [9.17, 15) is 0 Å². The molecule has 2 rings (SSSR count). The van der Waals surface area contributed by atoms with Crippen molar-refractivity contribution >= 4 is 0 Å². The van der Waals surface area contributed by atoms with Crippen LogP contribution < -0.4 is 5.32 Å². The van der Waals surface area contributed by atoms with Gasteiger partial charge in [0.2, 0.25) is 0 Å². The Morgan fingerprint density at radius 2 is 1.65 bits per heavy atom. The first-order valence-corrected chi connectivity index (χ1v) is 8.63. The molecule has 1 aliphatic carbocycles. The van der Waals surface area contributed by atoms with Crippen LogP contribution in [0.4, 0.5) is 0 Å². The summed E-state index contributed by atoms with van der Waals surface area (Å²) in [6, 6.07) is 11.7. The molecule has 0 heterocycles. The largest absolute Gasteiger partial charge is 0.309 e. The highest BCUT2D eigenvalue weighted by Crippen LogP contribution is 2.34. The van der Waals surface area contributed by atoms with Gasteiger partial charge < -0.3 is 5.32 Å². The zero-order chi connectivity index (χ0) is 14.2. The molecule has 0 amide bonds. The zero-order valence-electron chi connectivity index (χ0n) is 13.3. The van der Waals surface area contributed by atoms with Crippen LogP contribution in [0, 0.1) is 11.8 Å². The van der Waals surface area contributed by atoms with Crippen LogP contribution in [0.15, 0.2) is 30.3 Å². The molecule has 0 saturated heterocycles. The molecule has 1 nitrogen and oxygen atoms in total. The Kier molecular flexibility index (Phi) is 6.59. The van der Waals surface area contributed by atoms with Crippen LogP contribution in [0.3, 0.4) is 0 Å². The topological polar surface area (TPSA) is 12.0 Å². The highest BCUT2D eigenvalue weighted by atomic mass is 14.9. The molecular formula is C19H31N. The second kappa shape index (κ2) is 8.46. The number of hydrogen-bond acceptors (Lipinski definition) is 1. The van der Waals surface area contributed by atoms with Crippen molar-refractivity contribution in [1.82, 2.24) is 5.32 Å². The fraction of sp³-hybridized carbons (Fsp3) is 0.684. The van der Waals surface area contributed by atoms with Crippen LogP contribution in [0.1, 0.15) is 70.4 Å². The second-order valence-corrected chi connectivity index (χ2v) is 6.38. The molecule has 1 unspecified atom stereocenters. The fourth-order valence-electron chi connectivity index (χ4n) is 3.56. The Morgan fingerprint density at radius 1 is 1.00 bits per heavy atom. The predicted molar refractivity (Wildman–Crippen MR) is 87.8 cm³/mol. The molecule has 0 aromatic heterocycles. The molecule has 1 heteroatoms. The van der Waals surface area contributed by atoms with Gasteiger partial charge in [-0.05, 0) is 36.8 Å². The van der Waals surface area contributed by atoms with Crippen molar-refractivity contribution in [3.05, 3.63) is 35.9 Å². The lowest BCUT2D eigenvalue weighted by atomic mass is 9.81. The fourth-order valence-corrected chi connectivity index (χ4v) is 3.56. The molecule has 0 bridgehead atoms. The Hall–Kier alpha value is -0.820. The van der Waals surface area contributed by atoms with Crippen LogP contribution in [0.2, 0.25) is 0 Å².